The van der Waals surface area contributed by atoms with Gasteiger partial charge in [-0.2, -0.15) is 0 Å². The number of urea groups is 1. The van der Waals surface area contributed by atoms with Gasteiger partial charge in [-0.1, -0.05) is 19.9 Å². The van der Waals surface area contributed by atoms with Crippen LogP contribution in [0.5, 0.6) is 11.5 Å². The molecule has 0 radical (unpaired) electrons. The highest BCUT2D eigenvalue weighted by atomic mass is 16.5. The number of nitrogens with zero attached hydrogens (tertiary/aromatic N) is 1. The molecule has 0 bridgehead atoms. The lowest BCUT2D eigenvalue weighted by molar-refractivity contribution is 0.00718. The second-order valence-electron chi connectivity index (χ2n) is 7.79. The van der Waals surface area contributed by atoms with E-state index in [0.717, 1.165) is 49.8 Å². The van der Waals surface area contributed by atoms with Gasteiger partial charge in [0.25, 0.3) is 0 Å². The Balaban J connectivity index is 1.53. The van der Waals surface area contributed by atoms with Gasteiger partial charge in [0, 0.05) is 32.1 Å². The third-order valence-corrected chi connectivity index (χ3v) is 5.38. The number of fused-ring (bicyclic) bond motifs is 1. The molecule has 2 aliphatic rings. The van der Waals surface area contributed by atoms with Crippen molar-refractivity contribution in [3.63, 3.8) is 0 Å². The minimum Gasteiger partial charge on any atom is -0.490 e. The molecular formula is C21H33N3O4. The van der Waals surface area contributed by atoms with Crippen molar-refractivity contribution in [1.29, 1.82) is 0 Å². The normalized spacial score (nSPS) is 19.6. The van der Waals surface area contributed by atoms with E-state index in [4.69, 9.17) is 14.2 Å². The summed E-state index contributed by atoms with van der Waals surface area (Å²) < 4.78 is 16.9. The first-order valence-corrected chi connectivity index (χ1v) is 10.3. The minimum absolute atomic E-state index is 0.127. The molecular weight excluding hydrogens is 358 g/mol. The Morgan fingerprint density at radius 2 is 1.79 bits per heavy atom. The second kappa shape index (κ2) is 9.98. The van der Waals surface area contributed by atoms with Crippen LogP contribution in [0.25, 0.3) is 0 Å². The first-order valence-electron chi connectivity index (χ1n) is 10.3. The third-order valence-electron chi connectivity index (χ3n) is 5.38. The van der Waals surface area contributed by atoms with Gasteiger partial charge in [-0.3, -0.25) is 4.90 Å². The van der Waals surface area contributed by atoms with Crippen LogP contribution in [0.3, 0.4) is 0 Å². The number of benzene rings is 1. The van der Waals surface area contributed by atoms with Crippen molar-refractivity contribution in [3.8, 4) is 11.5 Å². The second-order valence-corrected chi connectivity index (χ2v) is 7.79. The molecule has 1 fully saturated rings. The Kier molecular flexibility index (Phi) is 7.39. The molecule has 1 saturated heterocycles. The molecule has 7 heteroatoms. The zero-order valence-electron chi connectivity index (χ0n) is 17.2. The molecule has 28 heavy (non-hydrogen) atoms. The predicted octanol–water partition coefficient (Wildman–Crippen LogP) is 2.56. The standard InChI is InChI=1S/C21H33N3O4/c1-15(2)18(24-7-11-26-12-8-24)14-22-21(25)23-16(3)17-5-6-19-20(13-17)28-10-4-9-27-19/h5-6,13,15-16,18H,4,7-12,14H2,1-3H3,(H2,22,23,25). The van der Waals surface area contributed by atoms with Crippen LogP contribution in [0.15, 0.2) is 18.2 Å². The summed E-state index contributed by atoms with van der Waals surface area (Å²) in [5, 5.41) is 6.07. The lowest BCUT2D eigenvalue weighted by Crippen LogP contribution is -2.52. The summed E-state index contributed by atoms with van der Waals surface area (Å²) in [7, 11) is 0. The van der Waals surface area contributed by atoms with E-state index in [0.29, 0.717) is 31.7 Å². The van der Waals surface area contributed by atoms with Gasteiger partial charge in [0.2, 0.25) is 0 Å². The van der Waals surface area contributed by atoms with E-state index in [2.05, 4.69) is 29.4 Å². The van der Waals surface area contributed by atoms with Gasteiger partial charge in [-0.05, 0) is 30.5 Å². The lowest BCUT2D eigenvalue weighted by atomic mass is 10.0. The Hall–Kier alpha value is -1.99. The summed E-state index contributed by atoms with van der Waals surface area (Å²) in [4.78, 5) is 14.9. The van der Waals surface area contributed by atoms with Crippen LogP contribution in [0.4, 0.5) is 4.79 Å². The fourth-order valence-electron chi connectivity index (χ4n) is 3.67. The molecule has 2 unspecified atom stereocenters. The summed E-state index contributed by atoms with van der Waals surface area (Å²) in [6, 6.07) is 5.87. The fraction of sp³-hybridized carbons (Fsp3) is 0.667. The highest BCUT2D eigenvalue weighted by Gasteiger charge is 2.24. The molecule has 0 saturated carbocycles. The van der Waals surface area contributed by atoms with E-state index in [-0.39, 0.29) is 12.1 Å². The Morgan fingerprint density at radius 1 is 1.07 bits per heavy atom. The third kappa shape index (κ3) is 5.52. The zero-order chi connectivity index (χ0) is 19.9. The molecule has 0 spiro atoms. The lowest BCUT2D eigenvalue weighted by Gasteiger charge is -2.37. The van der Waals surface area contributed by atoms with Gasteiger partial charge in [-0.15, -0.1) is 0 Å². The molecule has 1 aromatic carbocycles. The quantitative estimate of drug-likeness (QED) is 0.780. The first kappa shape index (κ1) is 20.7. The van der Waals surface area contributed by atoms with Crippen molar-refractivity contribution in [2.45, 2.75) is 39.3 Å². The number of carbonyl (C=O) groups is 1. The number of hydrogen-bond acceptors (Lipinski definition) is 5. The number of hydrogen-bond donors (Lipinski definition) is 2. The van der Waals surface area contributed by atoms with E-state index < -0.39 is 0 Å². The number of carbonyl (C=O) groups excluding carboxylic acids is 1. The van der Waals surface area contributed by atoms with Gasteiger partial charge >= 0.3 is 6.03 Å². The molecule has 7 nitrogen and oxygen atoms in total. The summed E-state index contributed by atoms with van der Waals surface area (Å²) in [6.07, 6.45) is 0.875. The molecule has 3 rings (SSSR count). The molecule has 2 aliphatic heterocycles. The van der Waals surface area contributed by atoms with Crippen LogP contribution in [0, 0.1) is 5.92 Å². The molecule has 156 valence electrons. The van der Waals surface area contributed by atoms with Gasteiger partial charge in [-0.25, -0.2) is 4.79 Å². The number of nitrogens with one attached hydrogen (secondary N) is 2. The van der Waals surface area contributed by atoms with Crippen molar-refractivity contribution in [1.82, 2.24) is 15.5 Å². The Labute approximate surface area is 167 Å². The van der Waals surface area contributed by atoms with E-state index in [1.165, 1.54) is 0 Å². The molecule has 2 heterocycles. The highest BCUT2D eigenvalue weighted by molar-refractivity contribution is 5.74. The average Bonchev–Trinajstić information content (AvgIpc) is 2.93. The molecule has 0 aliphatic carbocycles. The Bertz CT molecular complexity index is 647. The highest BCUT2D eigenvalue weighted by Crippen LogP contribution is 2.32. The molecule has 2 atom stereocenters. The Morgan fingerprint density at radius 3 is 2.50 bits per heavy atom. The van der Waals surface area contributed by atoms with Crippen LogP contribution in [0.2, 0.25) is 0 Å². The molecule has 1 aromatic rings. The zero-order valence-corrected chi connectivity index (χ0v) is 17.2. The van der Waals surface area contributed by atoms with Crippen molar-refractivity contribution >= 4 is 6.03 Å². The summed E-state index contributed by atoms with van der Waals surface area (Å²) in [5.41, 5.74) is 0.994. The van der Waals surface area contributed by atoms with Crippen LogP contribution in [0.1, 0.15) is 38.8 Å². The maximum atomic E-state index is 12.5. The number of ether oxygens (including phenoxy) is 3. The van der Waals surface area contributed by atoms with Gasteiger partial charge in [0.15, 0.2) is 11.5 Å². The fourth-order valence-corrected chi connectivity index (χ4v) is 3.67. The van der Waals surface area contributed by atoms with E-state index in [1.807, 2.05) is 25.1 Å². The van der Waals surface area contributed by atoms with Crippen molar-refractivity contribution in [2.75, 3.05) is 46.1 Å². The maximum Gasteiger partial charge on any atom is 0.315 e. The van der Waals surface area contributed by atoms with Crippen molar-refractivity contribution in [2.24, 2.45) is 5.92 Å². The predicted molar refractivity (Wildman–Crippen MR) is 108 cm³/mol. The van der Waals surface area contributed by atoms with Crippen molar-refractivity contribution in [3.05, 3.63) is 23.8 Å². The monoisotopic (exact) mass is 391 g/mol. The van der Waals surface area contributed by atoms with Crippen molar-refractivity contribution < 1.29 is 19.0 Å². The van der Waals surface area contributed by atoms with Gasteiger partial charge < -0.3 is 24.8 Å². The number of morpholine rings is 1. The summed E-state index contributed by atoms with van der Waals surface area (Å²) in [5.74, 6) is 1.97. The van der Waals surface area contributed by atoms with Crippen LogP contribution in [-0.4, -0.2) is 63.0 Å². The average molecular weight is 392 g/mol. The van der Waals surface area contributed by atoms with Crippen LogP contribution in [-0.2, 0) is 4.74 Å². The smallest absolute Gasteiger partial charge is 0.315 e. The maximum absolute atomic E-state index is 12.5. The van der Waals surface area contributed by atoms with Crippen LogP contribution >= 0.6 is 0 Å². The SMILES string of the molecule is CC(NC(=O)NCC(C(C)C)N1CCOCC1)c1ccc2c(c1)OCCCO2. The topological polar surface area (TPSA) is 72.1 Å². The first-order chi connectivity index (χ1) is 13.5. The van der Waals surface area contributed by atoms with E-state index in [1.54, 1.807) is 0 Å². The largest absolute Gasteiger partial charge is 0.490 e. The van der Waals surface area contributed by atoms with Gasteiger partial charge in [0.1, 0.15) is 0 Å². The number of amides is 2. The number of rotatable bonds is 6. The van der Waals surface area contributed by atoms with Gasteiger partial charge in [0.05, 0.1) is 32.5 Å². The minimum atomic E-state index is -0.154. The summed E-state index contributed by atoms with van der Waals surface area (Å²) >= 11 is 0. The summed E-state index contributed by atoms with van der Waals surface area (Å²) in [6.45, 7) is 11.7. The van der Waals surface area contributed by atoms with E-state index >= 15 is 0 Å². The molecule has 0 aromatic heterocycles. The molecule has 2 amide bonds. The van der Waals surface area contributed by atoms with Crippen LogP contribution < -0.4 is 20.1 Å². The van der Waals surface area contributed by atoms with E-state index in [9.17, 15) is 4.79 Å². The molecule has 2 N–H and O–H groups in total.